The average Bonchev–Trinajstić information content (AvgIpc) is 3.26. The number of hydrogen-bond acceptors (Lipinski definition) is 25. The van der Waals surface area contributed by atoms with Crippen LogP contribution in [0.4, 0.5) is 0 Å². The van der Waals surface area contributed by atoms with Gasteiger partial charge in [-0.25, -0.2) is 0 Å². The van der Waals surface area contributed by atoms with Crippen LogP contribution in [0.25, 0.3) is 22.3 Å². The molecule has 64 heavy (non-hydrogen) atoms. The minimum atomic E-state index is -2.06. The maximum Gasteiger partial charge on any atom is 0.239 e. The molecule has 0 spiro atoms. The predicted octanol–water partition coefficient (Wildman–Crippen LogP) is -5.36. The van der Waals surface area contributed by atoms with Gasteiger partial charge in [0.05, 0.1) is 25.4 Å². The SMILES string of the molecule is CC1OC(OCC2OC(Oc3cc(O)c4c(=O)c(OC5OC(C)C(OC6OC(CO)C(O)C(O)C6O)C(O)C5O)c(-c5ccc(O)c(O)c5)oc4c3)C(O)C(O)C2O)C(O)C(O)C1O. The van der Waals surface area contributed by atoms with Crippen LogP contribution in [0, 0.1) is 0 Å². The van der Waals surface area contributed by atoms with Crippen LogP contribution in [0.5, 0.6) is 28.7 Å². The second kappa shape index (κ2) is 19.0. The Morgan fingerprint density at radius 1 is 0.562 bits per heavy atom. The molecule has 3 aromatic rings. The fraction of sp³-hybridized carbons (Fsp3) is 0.615. The van der Waals surface area contributed by atoms with Gasteiger partial charge in [-0.15, -0.1) is 0 Å². The van der Waals surface area contributed by atoms with Gasteiger partial charge in [0.1, 0.15) is 108 Å². The Morgan fingerprint density at radius 2 is 1.14 bits per heavy atom. The van der Waals surface area contributed by atoms with Gasteiger partial charge in [-0.1, -0.05) is 0 Å². The number of aliphatic hydroxyl groups is 12. The third kappa shape index (κ3) is 9.06. The quantitative estimate of drug-likeness (QED) is 0.0798. The van der Waals surface area contributed by atoms with Crippen LogP contribution in [0.1, 0.15) is 13.8 Å². The molecule has 25 heteroatoms. The lowest BCUT2D eigenvalue weighted by Crippen LogP contribution is -2.64. The summed E-state index contributed by atoms with van der Waals surface area (Å²) in [6.45, 7) is 1.35. The predicted molar refractivity (Wildman–Crippen MR) is 204 cm³/mol. The van der Waals surface area contributed by atoms with Crippen molar-refractivity contribution in [1.82, 2.24) is 0 Å². The number of hydrogen-bond donors (Lipinski definition) is 15. The molecule has 0 amide bonds. The molecule has 0 saturated carbocycles. The van der Waals surface area contributed by atoms with Crippen molar-refractivity contribution < 1.29 is 119 Å². The third-order valence-electron chi connectivity index (χ3n) is 11.4. The first-order chi connectivity index (χ1) is 30.2. The highest BCUT2D eigenvalue weighted by Crippen LogP contribution is 2.41. The van der Waals surface area contributed by atoms with Crippen molar-refractivity contribution in [2.45, 2.75) is 137 Å². The highest BCUT2D eigenvalue weighted by atomic mass is 16.7. The number of aromatic hydroxyl groups is 3. The number of fused-ring (bicyclic) bond motifs is 1. The Bertz CT molecular complexity index is 2150. The van der Waals surface area contributed by atoms with Crippen LogP contribution < -0.4 is 14.9 Å². The summed E-state index contributed by atoms with van der Waals surface area (Å²) < 4.78 is 50.9. The lowest BCUT2D eigenvalue weighted by molar-refractivity contribution is -0.348. The zero-order valence-electron chi connectivity index (χ0n) is 33.6. The van der Waals surface area contributed by atoms with Gasteiger partial charge in [-0.05, 0) is 32.0 Å². The fourth-order valence-corrected chi connectivity index (χ4v) is 7.66. The first-order valence-corrected chi connectivity index (χ1v) is 19.9. The number of ether oxygens (including phenoxy) is 8. The Hall–Kier alpha value is -4.07. The number of benzene rings is 2. The summed E-state index contributed by atoms with van der Waals surface area (Å²) in [5.41, 5.74) is -1.70. The molecule has 25 nitrogen and oxygen atoms in total. The molecule has 4 saturated heterocycles. The summed E-state index contributed by atoms with van der Waals surface area (Å²) in [5.74, 6) is -3.74. The first-order valence-electron chi connectivity index (χ1n) is 19.9. The third-order valence-corrected chi connectivity index (χ3v) is 11.4. The minimum Gasteiger partial charge on any atom is -0.507 e. The van der Waals surface area contributed by atoms with E-state index in [0.29, 0.717) is 0 Å². The number of phenols is 3. The molecule has 15 N–H and O–H groups in total. The van der Waals surface area contributed by atoms with E-state index >= 15 is 0 Å². The molecule has 7 rings (SSSR count). The van der Waals surface area contributed by atoms with Gasteiger partial charge < -0.3 is 119 Å². The number of phenolic OH excluding ortho intramolecular Hbond substituents is 3. The zero-order chi connectivity index (χ0) is 46.6. The van der Waals surface area contributed by atoms with E-state index in [2.05, 4.69) is 0 Å². The standard InChI is InChI=1S/C39H50O25/c1-10-21(44)25(48)29(52)36(57-10)56-9-19-23(46)27(50)30(53)38(62-19)59-13-6-16(43)20-17(7-13)60-34(12-3-4-14(41)15(42)5-12)35(24(20)47)64-37-32(55)28(51)33(11(2)58-37)63-39-31(54)26(49)22(45)18(8-40)61-39/h3-7,10-11,18-19,21-23,25-33,36-46,48-55H,8-9H2,1-2H3. The van der Waals surface area contributed by atoms with Gasteiger partial charge in [0, 0.05) is 17.7 Å². The maximum absolute atomic E-state index is 14.2. The Morgan fingerprint density at radius 3 is 1.81 bits per heavy atom. The largest absolute Gasteiger partial charge is 0.507 e. The lowest BCUT2D eigenvalue weighted by Gasteiger charge is -2.45. The van der Waals surface area contributed by atoms with Gasteiger partial charge >= 0.3 is 0 Å². The first kappa shape index (κ1) is 47.9. The van der Waals surface area contributed by atoms with E-state index in [1.807, 2.05) is 0 Å². The normalized spacial score (nSPS) is 40.6. The molecule has 4 fully saturated rings. The molecule has 356 valence electrons. The van der Waals surface area contributed by atoms with E-state index in [1.54, 1.807) is 0 Å². The topological polar surface area (TPSA) is 408 Å². The number of rotatable bonds is 11. The molecule has 0 aliphatic carbocycles. The van der Waals surface area contributed by atoms with Crippen LogP contribution >= 0.6 is 0 Å². The van der Waals surface area contributed by atoms with Crippen LogP contribution in [-0.2, 0) is 28.4 Å². The van der Waals surface area contributed by atoms with Crippen molar-refractivity contribution in [3.8, 4) is 40.1 Å². The molecule has 1 aromatic heterocycles. The Kier molecular flexibility index (Phi) is 14.2. The number of aliphatic hydroxyl groups excluding tert-OH is 12. The van der Waals surface area contributed by atoms with Gasteiger partial charge in [-0.2, -0.15) is 0 Å². The van der Waals surface area contributed by atoms with Gasteiger partial charge in [0.2, 0.25) is 23.8 Å². The van der Waals surface area contributed by atoms with Gasteiger partial charge in [-0.3, -0.25) is 4.79 Å². The molecule has 0 radical (unpaired) electrons. The van der Waals surface area contributed by atoms with E-state index in [-0.39, 0.29) is 11.3 Å². The Labute approximate surface area is 360 Å². The van der Waals surface area contributed by atoms with E-state index < -0.39 is 181 Å². The van der Waals surface area contributed by atoms with Crippen molar-refractivity contribution >= 4 is 11.0 Å². The molecular weight excluding hydrogens is 868 g/mol. The second-order valence-corrected chi connectivity index (χ2v) is 15.9. The van der Waals surface area contributed by atoms with Crippen molar-refractivity contribution in [3.05, 3.63) is 40.6 Å². The fourth-order valence-electron chi connectivity index (χ4n) is 7.66. The zero-order valence-corrected chi connectivity index (χ0v) is 33.6. The molecule has 4 aliphatic heterocycles. The van der Waals surface area contributed by atoms with Crippen LogP contribution in [-0.4, -0.2) is 213 Å². The average molecular weight is 919 g/mol. The monoisotopic (exact) mass is 918 g/mol. The highest BCUT2D eigenvalue weighted by Gasteiger charge is 2.51. The molecule has 0 bridgehead atoms. The summed E-state index contributed by atoms with van der Waals surface area (Å²) in [6, 6.07) is 5.11. The summed E-state index contributed by atoms with van der Waals surface area (Å²) in [4.78, 5) is 14.2. The van der Waals surface area contributed by atoms with Crippen molar-refractivity contribution in [1.29, 1.82) is 0 Å². The molecule has 20 atom stereocenters. The molecule has 5 heterocycles. The Balaban J connectivity index is 1.15. The van der Waals surface area contributed by atoms with E-state index in [0.717, 1.165) is 24.3 Å². The summed E-state index contributed by atoms with van der Waals surface area (Å²) in [5, 5.41) is 156. The minimum absolute atomic E-state index is 0.132. The molecule has 4 aliphatic rings. The lowest BCUT2D eigenvalue weighted by atomic mass is 9.97. The molecular formula is C39H50O25. The summed E-state index contributed by atoms with van der Waals surface area (Å²) in [7, 11) is 0. The van der Waals surface area contributed by atoms with Crippen molar-refractivity contribution in [2.75, 3.05) is 13.2 Å². The van der Waals surface area contributed by atoms with Gasteiger partial charge in [0.25, 0.3) is 0 Å². The highest BCUT2D eigenvalue weighted by molar-refractivity contribution is 5.88. The summed E-state index contributed by atoms with van der Waals surface area (Å²) >= 11 is 0. The maximum atomic E-state index is 14.2. The van der Waals surface area contributed by atoms with Gasteiger partial charge in [0.15, 0.2) is 29.8 Å². The van der Waals surface area contributed by atoms with E-state index in [9.17, 15) is 81.4 Å². The molecule has 20 unspecified atom stereocenters. The van der Waals surface area contributed by atoms with Crippen LogP contribution in [0.2, 0.25) is 0 Å². The van der Waals surface area contributed by atoms with E-state index in [1.165, 1.54) is 19.9 Å². The smallest absolute Gasteiger partial charge is 0.239 e. The van der Waals surface area contributed by atoms with Crippen molar-refractivity contribution in [2.24, 2.45) is 0 Å². The van der Waals surface area contributed by atoms with E-state index in [4.69, 9.17) is 42.3 Å². The van der Waals surface area contributed by atoms with Crippen LogP contribution in [0.15, 0.2) is 39.5 Å². The summed E-state index contributed by atoms with van der Waals surface area (Å²) in [6.07, 6.45) is -33.5. The molecule has 2 aromatic carbocycles. The van der Waals surface area contributed by atoms with Crippen LogP contribution in [0.3, 0.4) is 0 Å². The second-order valence-electron chi connectivity index (χ2n) is 15.9. The van der Waals surface area contributed by atoms with Crippen molar-refractivity contribution in [3.63, 3.8) is 0 Å².